The molecule has 0 amide bonds. The van der Waals surface area contributed by atoms with Gasteiger partial charge in [-0.2, -0.15) is 15.0 Å². The van der Waals surface area contributed by atoms with Gasteiger partial charge in [0.1, 0.15) is 6.61 Å². The number of hydrazine groups is 1. The van der Waals surface area contributed by atoms with Gasteiger partial charge >= 0.3 is 6.01 Å². The minimum absolute atomic E-state index is 0.222. The van der Waals surface area contributed by atoms with Crippen LogP contribution in [0, 0.1) is 5.92 Å². The molecule has 0 radical (unpaired) electrons. The average molecular weight is 270 g/mol. The van der Waals surface area contributed by atoms with Crippen LogP contribution in [0.3, 0.4) is 0 Å². The number of nitrogens with one attached hydrogen (secondary N) is 1. The number of rotatable bonds is 8. The Hall–Kier alpha value is -1.67. The lowest BCUT2D eigenvalue weighted by Gasteiger charge is -2.12. The van der Waals surface area contributed by atoms with Crippen LogP contribution in [0.1, 0.15) is 13.8 Å². The van der Waals surface area contributed by atoms with Crippen LogP contribution in [-0.4, -0.2) is 48.9 Å². The van der Waals surface area contributed by atoms with Crippen molar-refractivity contribution in [2.45, 2.75) is 13.8 Å². The summed E-state index contributed by atoms with van der Waals surface area (Å²) in [7, 11) is 3.65. The maximum absolute atomic E-state index is 5.41. The van der Waals surface area contributed by atoms with Crippen LogP contribution >= 0.6 is 0 Å². The third-order valence-electron chi connectivity index (χ3n) is 2.04. The van der Waals surface area contributed by atoms with Crippen molar-refractivity contribution in [2.24, 2.45) is 11.8 Å². The van der Waals surface area contributed by atoms with Crippen LogP contribution in [0.5, 0.6) is 6.01 Å². The number of aromatic nitrogens is 3. The van der Waals surface area contributed by atoms with Gasteiger partial charge in [0.05, 0.1) is 6.61 Å². The Morgan fingerprint density at radius 1 is 1.21 bits per heavy atom. The molecule has 19 heavy (non-hydrogen) atoms. The molecular formula is C11H22N6O2. The van der Waals surface area contributed by atoms with E-state index in [-0.39, 0.29) is 12.0 Å². The Morgan fingerprint density at radius 2 is 1.95 bits per heavy atom. The summed E-state index contributed by atoms with van der Waals surface area (Å²) in [5.74, 6) is 6.54. The zero-order chi connectivity index (χ0) is 14.3. The number of anilines is 2. The van der Waals surface area contributed by atoms with Crippen molar-refractivity contribution < 1.29 is 9.47 Å². The summed E-state index contributed by atoms with van der Waals surface area (Å²) in [6.07, 6.45) is 0. The first-order chi connectivity index (χ1) is 9.02. The molecule has 0 saturated heterocycles. The van der Waals surface area contributed by atoms with E-state index < -0.39 is 0 Å². The number of nitrogens with two attached hydrogens (primary N) is 1. The lowest BCUT2D eigenvalue weighted by Crippen LogP contribution is -2.19. The van der Waals surface area contributed by atoms with E-state index in [9.17, 15) is 0 Å². The van der Waals surface area contributed by atoms with Crippen molar-refractivity contribution in [2.75, 3.05) is 44.2 Å². The van der Waals surface area contributed by atoms with Gasteiger partial charge in [-0.3, -0.25) is 5.43 Å². The summed E-state index contributed by atoms with van der Waals surface area (Å²) in [5, 5.41) is 0. The van der Waals surface area contributed by atoms with Gasteiger partial charge in [0.2, 0.25) is 11.9 Å². The highest BCUT2D eigenvalue weighted by atomic mass is 16.5. The second kappa shape index (κ2) is 7.70. The molecule has 0 spiro atoms. The molecule has 0 aliphatic heterocycles. The van der Waals surface area contributed by atoms with Crippen molar-refractivity contribution in [1.82, 2.24) is 15.0 Å². The van der Waals surface area contributed by atoms with Gasteiger partial charge in [-0.15, -0.1) is 0 Å². The van der Waals surface area contributed by atoms with Gasteiger partial charge in [-0.05, 0) is 5.92 Å². The summed E-state index contributed by atoms with van der Waals surface area (Å²) in [5.41, 5.74) is 2.38. The molecule has 0 aliphatic carbocycles. The average Bonchev–Trinajstić information content (AvgIpc) is 2.37. The third-order valence-corrected chi connectivity index (χ3v) is 2.04. The number of nitrogen functional groups attached to an aromatic ring is 1. The largest absolute Gasteiger partial charge is 0.461 e. The number of nitrogens with zero attached hydrogens (tertiary/aromatic N) is 4. The molecule has 0 saturated carbocycles. The highest BCUT2D eigenvalue weighted by molar-refractivity contribution is 5.35. The normalized spacial score (nSPS) is 10.6. The zero-order valence-corrected chi connectivity index (χ0v) is 11.9. The van der Waals surface area contributed by atoms with E-state index in [1.54, 1.807) is 4.90 Å². The fourth-order valence-electron chi connectivity index (χ4n) is 1.19. The lowest BCUT2D eigenvalue weighted by atomic mass is 10.2. The van der Waals surface area contributed by atoms with Crippen molar-refractivity contribution in [1.29, 1.82) is 0 Å². The standard InChI is InChI=1S/C11H22N6O2/c1-8(2)7-18-5-6-19-11-14-9(16-12)13-10(15-11)17(3)4/h8H,5-7,12H2,1-4H3,(H,13,14,15,16). The monoisotopic (exact) mass is 270 g/mol. The molecule has 0 unspecified atom stereocenters. The Kier molecular flexibility index (Phi) is 6.23. The van der Waals surface area contributed by atoms with Gasteiger partial charge in [0, 0.05) is 20.7 Å². The second-order valence-electron chi connectivity index (χ2n) is 4.60. The molecule has 0 atom stereocenters. The molecule has 0 fully saturated rings. The Labute approximate surface area is 113 Å². The van der Waals surface area contributed by atoms with Crippen LogP contribution in [-0.2, 0) is 4.74 Å². The summed E-state index contributed by atoms with van der Waals surface area (Å²) in [6.45, 7) is 5.77. The first kappa shape index (κ1) is 15.4. The van der Waals surface area contributed by atoms with Gasteiger partial charge < -0.3 is 14.4 Å². The highest BCUT2D eigenvalue weighted by Crippen LogP contribution is 2.12. The van der Waals surface area contributed by atoms with Gasteiger partial charge in [-0.1, -0.05) is 13.8 Å². The molecule has 3 N–H and O–H groups in total. The van der Waals surface area contributed by atoms with E-state index in [0.717, 1.165) is 0 Å². The molecule has 1 rings (SSSR count). The minimum Gasteiger partial charge on any atom is -0.461 e. The second-order valence-corrected chi connectivity index (χ2v) is 4.60. The maximum atomic E-state index is 5.41. The summed E-state index contributed by atoms with van der Waals surface area (Å²) >= 11 is 0. The predicted octanol–water partition coefficient (Wildman–Crippen LogP) is 0.275. The minimum atomic E-state index is 0.222. The van der Waals surface area contributed by atoms with Crippen molar-refractivity contribution >= 4 is 11.9 Å². The smallest absolute Gasteiger partial charge is 0.323 e. The van der Waals surface area contributed by atoms with E-state index in [1.165, 1.54) is 0 Å². The van der Waals surface area contributed by atoms with Crippen LogP contribution in [0.15, 0.2) is 0 Å². The molecule has 1 aromatic heterocycles. The Bertz CT molecular complexity index is 385. The topological polar surface area (TPSA) is 98.4 Å². The van der Waals surface area contributed by atoms with Crippen LogP contribution < -0.4 is 20.9 Å². The summed E-state index contributed by atoms with van der Waals surface area (Å²) < 4.78 is 10.8. The number of ether oxygens (including phenoxy) is 2. The molecule has 8 nitrogen and oxygen atoms in total. The first-order valence-electron chi connectivity index (χ1n) is 6.13. The molecule has 108 valence electrons. The molecule has 0 aromatic carbocycles. The number of hydrogen-bond acceptors (Lipinski definition) is 8. The van der Waals surface area contributed by atoms with Gasteiger partial charge in [0.15, 0.2) is 0 Å². The Balaban J connectivity index is 2.50. The van der Waals surface area contributed by atoms with E-state index in [0.29, 0.717) is 31.7 Å². The van der Waals surface area contributed by atoms with E-state index in [1.807, 2.05) is 14.1 Å². The van der Waals surface area contributed by atoms with E-state index in [2.05, 4.69) is 34.2 Å². The zero-order valence-electron chi connectivity index (χ0n) is 11.9. The SMILES string of the molecule is CC(C)COCCOc1nc(NN)nc(N(C)C)n1. The van der Waals surface area contributed by atoms with Crippen molar-refractivity contribution in [3.05, 3.63) is 0 Å². The van der Waals surface area contributed by atoms with Crippen LogP contribution in [0.2, 0.25) is 0 Å². The van der Waals surface area contributed by atoms with Crippen LogP contribution in [0.4, 0.5) is 11.9 Å². The molecule has 0 aliphatic rings. The molecule has 1 heterocycles. The third kappa shape index (κ3) is 5.66. The first-order valence-corrected chi connectivity index (χ1v) is 6.13. The van der Waals surface area contributed by atoms with Gasteiger partial charge in [0.25, 0.3) is 0 Å². The fourth-order valence-corrected chi connectivity index (χ4v) is 1.19. The molecule has 0 bridgehead atoms. The van der Waals surface area contributed by atoms with Crippen LogP contribution in [0.25, 0.3) is 0 Å². The lowest BCUT2D eigenvalue weighted by molar-refractivity contribution is 0.0792. The Morgan fingerprint density at radius 3 is 2.53 bits per heavy atom. The van der Waals surface area contributed by atoms with E-state index in [4.69, 9.17) is 15.3 Å². The van der Waals surface area contributed by atoms with Crippen molar-refractivity contribution in [3.8, 4) is 6.01 Å². The molecule has 1 aromatic rings. The number of hydrogen-bond donors (Lipinski definition) is 2. The summed E-state index contributed by atoms with van der Waals surface area (Å²) in [4.78, 5) is 14.0. The molecular weight excluding hydrogens is 248 g/mol. The predicted molar refractivity (Wildman–Crippen MR) is 73.1 cm³/mol. The summed E-state index contributed by atoms with van der Waals surface area (Å²) in [6, 6.07) is 0.222. The van der Waals surface area contributed by atoms with E-state index >= 15 is 0 Å². The molecule has 8 heteroatoms. The van der Waals surface area contributed by atoms with Crippen molar-refractivity contribution in [3.63, 3.8) is 0 Å². The maximum Gasteiger partial charge on any atom is 0.323 e. The highest BCUT2D eigenvalue weighted by Gasteiger charge is 2.08. The quantitative estimate of drug-likeness (QED) is 0.395. The van der Waals surface area contributed by atoms with Gasteiger partial charge in [-0.25, -0.2) is 5.84 Å². The fraction of sp³-hybridized carbons (Fsp3) is 0.727.